The van der Waals surface area contributed by atoms with E-state index < -0.39 is 18.3 Å². The summed E-state index contributed by atoms with van der Waals surface area (Å²) in [7, 11) is 1.62. The summed E-state index contributed by atoms with van der Waals surface area (Å²) in [5.41, 5.74) is 1.61. The predicted molar refractivity (Wildman–Crippen MR) is 82.7 cm³/mol. The first-order valence-corrected chi connectivity index (χ1v) is 7.16. The molecule has 120 valence electrons. The Kier molecular flexibility index (Phi) is 6.15. The summed E-state index contributed by atoms with van der Waals surface area (Å²) in [6.45, 7) is 4.08. The summed E-state index contributed by atoms with van der Waals surface area (Å²) >= 11 is 0. The van der Waals surface area contributed by atoms with Crippen molar-refractivity contribution in [2.24, 2.45) is 0 Å². The van der Waals surface area contributed by atoms with E-state index in [0.717, 1.165) is 11.3 Å². The quantitative estimate of drug-likeness (QED) is 0.712. The van der Waals surface area contributed by atoms with Crippen molar-refractivity contribution in [2.45, 2.75) is 24.9 Å². The normalized spacial score (nSPS) is 24.1. The van der Waals surface area contributed by atoms with E-state index in [1.807, 2.05) is 24.3 Å². The molecule has 0 aliphatic heterocycles. The zero-order valence-corrected chi connectivity index (χ0v) is 12.6. The highest BCUT2D eigenvalue weighted by molar-refractivity contribution is 5.27. The number of hydrogen-bond acceptors (Lipinski definition) is 5. The van der Waals surface area contributed by atoms with Gasteiger partial charge in [-0.1, -0.05) is 18.2 Å². The molecule has 0 fully saturated rings. The van der Waals surface area contributed by atoms with Crippen molar-refractivity contribution in [3.63, 3.8) is 0 Å². The zero-order valence-electron chi connectivity index (χ0n) is 12.6. The Balaban J connectivity index is 1.94. The van der Waals surface area contributed by atoms with Crippen molar-refractivity contribution < 1.29 is 24.4 Å². The topological polar surface area (TPSA) is 68.2 Å². The average Bonchev–Trinajstić information content (AvgIpc) is 2.87. The van der Waals surface area contributed by atoms with Crippen LogP contribution in [0.5, 0.6) is 5.75 Å². The van der Waals surface area contributed by atoms with Gasteiger partial charge in [0.05, 0.1) is 26.9 Å². The number of aliphatic hydroxyl groups excluding tert-OH is 2. The average molecular weight is 306 g/mol. The van der Waals surface area contributed by atoms with Crippen LogP contribution in [-0.4, -0.2) is 48.8 Å². The lowest BCUT2D eigenvalue weighted by atomic mass is 10.1. The molecule has 0 aromatic heterocycles. The summed E-state index contributed by atoms with van der Waals surface area (Å²) in [6, 6.07) is 7.52. The fourth-order valence-electron chi connectivity index (χ4n) is 2.38. The van der Waals surface area contributed by atoms with Crippen LogP contribution < -0.4 is 4.74 Å². The van der Waals surface area contributed by atoms with Gasteiger partial charge in [0.2, 0.25) is 0 Å². The SMILES string of the molecule is C=CCO[C@@H]1C(CO)=C[C@H](OCc2ccc(OC)cc2)[C@H]1O. The molecule has 0 radical (unpaired) electrons. The maximum absolute atomic E-state index is 10.3. The fourth-order valence-corrected chi connectivity index (χ4v) is 2.38. The van der Waals surface area contributed by atoms with Gasteiger partial charge in [0, 0.05) is 0 Å². The van der Waals surface area contributed by atoms with E-state index in [4.69, 9.17) is 14.2 Å². The van der Waals surface area contributed by atoms with Gasteiger partial charge in [0.25, 0.3) is 0 Å². The molecule has 3 atom stereocenters. The van der Waals surface area contributed by atoms with E-state index in [1.165, 1.54) is 0 Å². The molecule has 0 saturated carbocycles. The smallest absolute Gasteiger partial charge is 0.118 e. The van der Waals surface area contributed by atoms with Crippen LogP contribution >= 0.6 is 0 Å². The second-order valence-electron chi connectivity index (χ2n) is 5.06. The minimum Gasteiger partial charge on any atom is -0.497 e. The van der Waals surface area contributed by atoms with E-state index >= 15 is 0 Å². The Hall–Kier alpha value is -1.66. The molecular weight excluding hydrogens is 284 g/mol. The van der Waals surface area contributed by atoms with Gasteiger partial charge in [-0.25, -0.2) is 0 Å². The lowest BCUT2D eigenvalue weighted by molar-refractivity contribution is -0.0699. The Bertz CT molecular complexity index is 508. The summed E-state index contributed by atoms with van der Waals surface area (Å²) in [5, 5.41) is 19.6. The van der Waals surface area contributed by atoms with E-state index in [9.17, 15) is 10.2 Å². The molecule has 2 rings (SSSR count). The van der Waals surface area contributed by atoms with Crippen LogP contribution in [0.15, 0.2) is 48.6 Å². The molecule has 0 heterocycles. The summed E-state index contributed by atoms with van der Waals surface area (Å²) in [5.74, 6) is 0.782. The van der Waals surface area contributed by atoms with E-state index in [0.29, 0.717) is 18.8 Å². The Morgan fingerprint density at radius 3 is 2.55 bits per heavy atom. The molecule has 0 saturated heterocycles. The highest BCUT2D eigenvalue weighted by Crippen LogP contribution is 2.26. The maximum Gasteiger partial charge on any atom is 0.118 e. The van der Waals surface area contributed by atoms with Crippen molar-refractivity contribution in [2.75, 3.05) is 20.3 Å². The molecular formula is C17H22O5. The molecule has 0 bridgehead atoms. The minimum absolute atomic E-state index is 0.165. The molecule has 2 N–H and O–H groups in total. The number of rotatable bonds is 8. The van der Waals surface area contributed by atoms with Crippen molar-refractivity contribution >= 4 is 0 Å². The van der Waals surface area contributed by atoms with Gasteiger partial charge in [-0.3, -0.25) is 0 Å². The number of hydrogen-bond donors (Lipinski definition) is 2. The number of ether oxygens (including phenoxy) is 3. The first-order chi connectivity index (χ1) is 10.7. The standard InChI is InChI=1S/C17H22O5/c1-3-8-21-17-13(10-18)9-15(16(17)19)22-11-12-4-6-14(20-2)7-5-12/h3-7,9,15-19H,1,8,10-11H2,2H3/t15-,16+,17+/m0/s1. The third-order valence-electron chi connectivity index (χ3n) is 3.57. The van der Waals surface area contributed by atoms with Gasteiger partial charge in [0.1, 0.15) is 24.1 Å². The second-order valence-corrected chi connectivity index (χ2v) is 5.06. The van der Waals surface area contributed by atoms with Gasteiger partial charge < -0.3 is 24.4 Å². The highest BCUT2D eigenvalue weighted by Gasteiger charge is 2.36. The third-order valence-corrected chi connectivity index (χ3v) is 3.57. The zero-order chi connectivity index (χ0) is 15.9. The fraction of sp³-hybridized carbons (Fsp3) is 0.412. The monoisotopic (exact) mass is 306 g/mol. The molecule has 0 amide bonds. The van der Waals surface area contributed by atoms with Crippen molar-refractivity contribution in [1.29, 1.82) is 0 Å². The van der Waals surface area contributed by atoms with Crippen LogP contribution in [0.4, 0.5) is 0 Å². The van der Waals surface area contributed by atoms with Crippen LogP contribution in [0.1, 0.15) is 5.56 Å². The Morgan fingerprint density at radius 2 is 1.95 bits per heavy atom. The lowest BCUT2D eigenvalue weighted by Gasteiger charge is -2.22. The maximum atomic E-state index is 10.3. The molecule has 1 aliphatic carbocycles. The van der Waals surface area contributed by atoms with E-state index in [2.05, 4.69) is 6.58 Å². The first-order valence-electron chi connectivity index (χ1n) is 7.16. The van der Waals surface area contributed by atoms with Crippen LogP contribution in [0.3, 0.4) is 0 Å². The number of benzene rings is 1. The molecule has 1 aromatic rings. The predicted octanol–water partition coefficient (Wildman–Crippen LogP) is 1.44. The summed E-state index contributed by atoms with van der Waals surface area (Å²) in [4.78, 5) is 0. The third kappa shape index (κ3) is 3.96. The second kappa shape index (κ2) is 8.10. The van der Waals surface area contributed by atoms with Crippen LogP contribution in [0.2, 0.25) is 0 Å². The summed E-state index contributed by atoms with van der Waals surface area (Å²) in [6.07, 6.45) is 1.44. The number of aliphatic hydroxyl groups is 2. The molecule has 0 unspecified atom stereocenters. The highest BCUT2D eigenvalue weighted by atomic mass is 16.5. The van der Waals surface area contributed by atoms with Crippen molar-refractivity contribution in [3.05, 3.63) is 54.1 Å². The van der Waals surface area contributed by atoms with Crippen LogP contribution in [0, 0.1) is 0 Å². The molecule has 5 heteroatoms. The summed E-state index contributed by atoms with van der Waals surface area (Å²) < 4.78 is 16.3. The van der Waals surface area contributed by atoms with E-state index in [-0.39, 0.29) is 6.61 Å². The first kappa shape index (κ1) is 16.7. The molecule has 1 aromatic carbocycles. The largest absolute Gasteiger partial charge is 0.497 e. The van der Waals surface area contributed by atoms with E-state index in [1.54, 1.807) is 19.3 Å². The van der Waals surface area contributed by atoms with Gasteiger partial charge in [0.15, 0.2) is 0 Å². The molecule has 5 nitrogen and oxygen atoms in total. The minimum atomic E-state index is -0.833. The lowest BCUT2D eigenvalue weighted by Crippen LogP contribution is -2.35. The number of methoxy groups -OCH3 is 1. The van der Waals surface area contributed by atoms with Gasteiger partial charge in [-0.05, 0) is 29.3 Å². The van der Waals surface area contributed by atoms with Gasteiger partial charge in [-0.2, -0.15) is 0 Å². The van der Waals surface area contributed by atoms with Crippen molar-refractivity contribution in [1.82, 2.24) is 0 Å². The van der Waals surface area contributed by atoms with Gasteiger partial charge in [-0.15, -0.1) is 6.58 Å². The Morgan fingerprint density at radius 1 is 1.23 bits per heavy atom. The van der Waals surface area contributed by atoms with Crippen molar-refractivity contribution in [3.8, 4) is 5.75 Å². The van der Waals surface area contributed by atoms with Crippen LogP contribution in [0.25, 0.3) is 0 Å². The molecule has 0 spiro atoms. The Labute approximate surface area is 130 Å². The van der Waals surface area contributed by atoms with Gasteiger partial charge >= 0.3 is 0 Å². The van der Waals surface area contributed by atoms with Crippen LogP contribution in [-0.2, 0) is 16.1 Å². The molecule has 1 aliphatic rings. The molecule has 22 heavy (non-hydrogen) atoms.